The molecule has 0 spiro atoms. The van der Waals surface area contributed by atoms with E-state index < -0.39 is 0 Å². The van der Waals surface area contributed by atoms with E-state index in [4.69, 9.17) is 0 Å². The van der Waals surface area contributed by atoms with Gasteiger partial charge in [0.05, 0.1) is 16.0 Å². The van der Waals surface area contributed by atoms with Crippen molar-refractivity contribution >= 4 is 66.5 Å². The van der Waals surface area contributed by atoms with Crippen LogP contribution in [0.25, 0.3) is 10.2 Å². The molecular formula is C22H23N5OS3. The van der Waals surface area contributed by atoms with Crippen molar-refractivity contribution in [1.82, 2.24) is 15.2 Å². The van der Waals surface area contributed by atoms with Crippen LogP contribution in [0, 0.1) is 13.8 Å². The molecule has 0 aliphatic carbocycles. The molecule has 0 fully saturated rings. The van der Waals surface area contributed by atoms with Crippen molar-refractivity contribution in [2.75, 3.05) is 16.4 Å². The van der Waals surface area contributed by atoms with Gasteiger partial charge in [0.25, 0.3) is 0 Å². The van der Waals surface area contributed by atoms with Crippen molar-refractivity contribution in [2.24, 2.45) is 0 Å². The number of hydrogen-bond donors (Lipinski definition) is 2. The van der Waals surface area contributed by atoms with Crippen molar-refractivity contribution in [3.63, 3.8) is 0 Å². The van der Waals surface area contributed by atoms with Crippen LogP contribution in [0.15, 0.2) is 40.7 Å². The van der Waals surface area contributed by atoms with Gasteiger partial charge in [-0.2, -0.15) is 0 Å². The quantitative estimate of drug-likeness (QED) is 0.307. The Labute approximate surface area is 193 Å². The molecule has 0 aliphatic rings. The molecule has 9 heteroatoms. The fourth-order valence-corrected chi connectivity index (χ4v) is 5.73. The Kier molecular flexibility index (Phi) is 6.54. The van der Waals surface area contributed by atoms with E-state index in [-0.39, 0.29) is 11.7 Å². The highest BCUT2D eigenvalue weighted by Crippen LogP contribution is 2.31. The van der Waals surface area contributed by atoms with Crippen LogP contribution in [0.5, 0.6) is 0 Å². The monoisotopic (exact) mass is 469 g/mol. The summed E-state index contributed by atoms with van der Waals surface area (Å²) in [5.41, 5.74) is 5.52. The van der Waals surface area contributed by atoms with Crippen LogP contribution in [0.1, 0.15) is 36.5 Å². The largest absolute Gasteiger partial charge is 0.330 e. The number of hydrogen-bond acceptors (Lipinski definition) is 8. The first-order chi connectivity index (χ1) is 14.9. The summed E-state index contributed by atoms with van der Waals surface area (Å²) in [5, 5.41) is 15.8. The van der Waals surface area contributed by atoms with Crippen LogP contribution in [-0.2, 0) is 4.79 Å². The maximum atomic E-state index is 12.4. The summed E-state index contributed by atoms with van der Waals surface area (Å²) in [4.78, 5) is 16.9. The first kappa shape index (κ1) is 21.7. The lowest BCUT2D eigenvalue weighted by Gasteiger charge is -2.06. The van der Waals surface area contributed by atoms with Crippen molar-refractivity contribution in [1.29, 1.82) is 0 Å². The van der Waals surface area contributed by atoms with Crippen LogP contribution in [0.2, 0.25) is 0 Å². The van der Waals surface area contributed by atoms with Crippen molar-refractivity contribution in [3.8, 4) is 0 Å². The molecule has 4 aromatic rings. The van der Waals surface area contributed by atoms with Gasteiger partial charge >= 0.3 is 0 Å². The van der Waals surface area contributed by atoms with Gasteiger partial charge in [-0.1, -0.05) is 66.5 Å². The SMILES string of the molecule is Cc1cc(C)c2nc(NC(=O)CSc3nnc(Nc4ccc(C(C)C)cc4)s3)sc2c1. The number of nitrogens with one attached hydrogen (secondary N) is 2. The fourth-order valence-electron chi connectivity index (χ4n) is 3.10. The average molecular weight is 470 g/mol. The predicted octanol–water partition coefficient (Wildman–Crippen LogP) is 6.36. The van der Waals surface area contributed by atoms with E-state index in [1.807, 2.05) is 19.1 Å². The number of aryl methyl sites for hydroxylation is 2. The van der Waals surface area contributed by atoms with E-state index in [0.717, 1.165) is 25.8 Å². The Hall–Kier alpha value is -2.49. The highest BCUT2D eigenvalue weighted by molar-refractivity contribution is 8.01. The molecule has 0 atom stereocenters. The van der Waals surface area contributed by atoms with Gasteiger partial charge in [0.15, 0.2) is 9.47 Å². The second kappa shape index (κ2) is 9.33. The third kappa shape index (κ3) is 5.41. The van der Waals surface area contributed by atoms with Gasteiger partial charge in [-0.25, -0.2) is 4.98 Å². The number of amides is 1. The van der Waals surface area contributed by atoms with Crippen molar-refractivity contribution in [2.45, 2.75) is 38.0 Å². The normalized spacial score (nSPS) is 11.3. The van der Waals surface area contributed by atoms with Crippen LogP contribution in [0.3, 0.4) is 0 Å². The molecule has 2 aromatic heterocycles. The van der Waals surface area contributed by atoms with Crippen LogP contribution in [0.4, 0.5) is 16.0 Å². The molecule has 1 amide bonds. The summed E-state index contributed by atoms with van der Waals surface area (Å²) >= 11 is 4.29. The zero-order chi connectivity index (χ0) is 22.0. The van der Waals surface area contributed by atoms with Gasteiger partial charge in [-0.3, -0.25) is 4.79 Å². The summed E-state index contributed by atoms with van der Waals surface area (Å²) in [6.45, 7) is 8.44. The minimum atomic E-state index is -0.104. The topological polar surface area (TPSA) is 79.8 Å². The van der Waals surface area contributed by atoms with Gasteiger partial charge < -0.3 is 10.6 Å². The molecule has 0 bridgehead atoms. The van der Waals surface area contributed by atoms with Gasteiger partial charge in [-0.05, 0) is 54.7 Å². The van der Waals surface area contributed by atoms with Crippen molar-refractivity contribution < 1.29 is 4.79 Å². The number of anilines is 3. The summed E-state index contributed by atoms with van der Waals surface area (Å²) in [6, 6.07) is 12.5. The zero-order valence-corrected chi connectivity index (χ0v) is 20.2. The highest BCUT2D eigenvalue weighted by atomic mass is 32.2. The first-order valence-electron chi connectivity index (χ1n) is 9.88. The fraction of sp³-hybridized carbons (Fsp3) is 0.273. The van der Waals surface area contributed by atoms with Crippen LogP contribution < -0.4 is 10.6 Å². The van der Waals surface area contributed by atoms with Gasteiger partial charge in [0, 0.05) is 5.69 Å². The zero-order valence-electron chi connectivity index (χ0n) is 17.7. The lowest BCUT2D eigenvalue weighted by Crippen LogP contribution is -2.13. The molecule has 2 aromatic carbocycles. The minimum Gasteiger partial charge on any atom is -0.330 e. The smallest absolute Gasteiger partial charge is 0.236 e. The molecule has 0 aliphatic heterocycles. The molecular weight excluding hydrogens is 446 g/mol. The molecule has 4 rings (SSSR count). The number of nitrogens with zero attached hydrogens (tertiary/aromatic N) is 3. The third-order valence-electron chi connectivity index (χ3n) is 4.64. The molecule has 0 unspecified atom stereocenters. The third-order valence-corrected chi connectivity index (χ3v) is 7.53. The number of carbonyl (C=O) groups excluding carboxylic acids is 1. The molecule has 0 radical (unpaired) electrons. The lowest BCUT2D eigenvalue weighted by molar-refractivity contribution is -0.113. The van der Waals surface area contributed by atoms with E-state index in [2.05, 4.69) is 70.9 Å². The summed E-state index contributed by atoms with van der Waals surface area (Å²) in [6.07, 6.45) is 0. The second-order valence-electron chi connectivity index (χ2n) is 7.56. The number of benzene rings is 2. The van der Waals surface area contributed by atoms with E-state index in [9.17, 15) is 4.79 Å². The first-order valence-corrected chi connectivity index (χ1v) is 12.5. The molecule has 0 saturated carbocycles. The maximum absolute atomic E-state index is 12.4. The number of thioether (sulfide) groups is 1. The Morgan fingerprint density at radius 3 is 2.58 bits per heavy atom. The van der Waals surface area contributed by atoms with Gasteiger partial charge in [0.1, 0.15) is 0 Å². The lowest BCUT2D eigenvalue weighted by atomic mass is 10.0. The van der Waals surface area contributed by atoms with Crippen LogP contribution in [-0.4, -0.2) is 26.8 Å². The minimum absolute atomic E-state index is 0.104. The number of carbonyl (C=O) groups is 1. The molecule has 2 N–H and O–H groups in total. The maximum Gasteiger partial charge on any atom is 0.236 e. The van der Waals surface area contributed by atoms with E-state index in [1.165, 1.54) is 45.6 Å². The van der Waals surface area contributed by atoms with Gasteiger partial charge in [-0.15, -0.1) is 10.2 Å². The highest BCUT2D eigenvalue weighted by Gasteiger charge is 2.12. The van der Waals surface area contributed by atoms with E-state index >= 15 is 0 Å². The number of aromatic nitrogens is 3. The van der Waals surface area contributed by atoms with Gasteiger partial charge in [0.2, 0.25) is 11.0 Å². The summed E-state index contributed by atoms with van der Waals surface area (Å²) < 4.78 is 1.83. The standard InChI is InChI=1S/C22H23N5OS3/c1-12(2)15-5-7-16(8-6-15)23-21-26-27-22(31-21)29-11-18(28)24-20-25-19-14(4)9-13(3)10-17(19)30-20/h5-10,12H,11H2,1-4H3,(H,23,26)(H,24,25,28). The average Bonchev–Trinajstić information content (AvgIpc) is 3.33. The Morgan fingerprint density at radius 1 is 1.06 bits per heavy atom. The van der Waals surface area contributed by atoms with Crippen molar-refractivity contribution in [3.05, 3.63) is 53.1 Å². The predicted molar refractivity (Wildman–Crippen MR) is 132 cm³/mol. The molecule has 31 heavy (non-hydrogen) atoms. The Bertz CT molecular complexity index is 1210. The Morgan fingerprint density at radius 2 is 1.84 bits per heavy atom. The number of thiazole rings is 1. The Balaban J connectivity index is 1.32. The van der Waals surface area contributed by atoms with Crippen LogP contribution >= 0.6 is 34.4 Å². The number of fused-ring (bicyclic) bond motifs is 1. The molecule has 2 heterocycles. The van der Waals surface area contributed by atoms with E-state index in [0.29, 0.717) is 16.2 Å². The molecule has 0 saturated heterocycles. The summed E-state index contributed by atoms with van der Waals surface area (Å²) in [5.74, 6) is 0.652. The molecule has 160 valence electrons. The second-order valence-corrected chi connectivity index (χ2v) is 10.8. The van der Waals surface area contributed by atoms with E-state index in [1.54, 1.807) is 0 Å². The molecule has 6 nitrogen and oxygen atoms in total. The number of rotatable bonds is 7. The summed E-state index contributed by atoms with van der Waals surface area (Å²) in [7, 11) is 0.